The van der Waals surface area contributed by atoms with Crippen molar-refractivity contribution in [1.29, 1.82) is 0 Å². The number of benzene rings is 4. The van der Waals surface area contributed by atoms with Crippen LogP contribution in [-0.4, -0.2) is 32.6 Å². The molecule has 0 heterocycles. The van der Waals surface area contributed by atoms with E-state index >= 15 is 0 Å². The van der Waals surface area contributed by atoms with E-state index in [2.05, 4.69) is 105 Å². The first kappa shape index (κ1) is 33.5. The Morgan fingerprint density at radius 3 is 1.51 bits per heavy atom. The minimum atomic E-state index is 0. The molecule has 0 bridgehead atoms. The number of hydrogen-bond acceptors (Lipinski definition) is 0. The number of rotatable bonds is 2. The predicted octanol–water partition coefficient (Wildman–Crippen LogP) is 8.28. The minimum absolute atomic E-state index is 0. The van der Waals surface area contributed by atoms with Gasteiger partial charge in [0.25, 0.3) is 0 Å². The molecule has 0 fully saturated rings. The SMILES string of the molecule is C[PH+](C)C[PH+](C)C.[Au+].[Au+].[C-]#Cc1ccc2c(c1)-c1ccccc1C2.[C-]#Cc1ccc2c(c1)Cc1ccccc1-2. The van der Waals surface area contributed by atoms with Crippen molar-refractivity contribution in [3.63, 3.8) is 0 Å². The molecule has 4 heteroatoms. The molecule has 0 saturated heterocycles. The van der Waals surface area contributed by atoms with Crippen LogP contribution in [0.5, 0.6) is 0 Å². The fourth-order valence-electron chi connectivity index (χ4n) is 5.13. The normalized spacial score (nSPS) is 11.0. The molecule has 0 amide bonds. The maximum atomic E-state index is 7.14. The molecule has 0 saturated carbocycles. The summed E-state index contributed by atoms with van der Waals surface area (Å²) in [6.07, 6.45) is 16.3. The summed E-state index contributed by atoms with van der Waals surface area (Å²) in [5.41, 5.74) is 12.4. The molecule has 2 aliphatic rings. The average Bonchev–Trinajstić information content (AvgIpc) is 3.45. The molecule has 0 N–H and O–H groups in total. The molecular formula is C35H34Au2P2+2. The van der Waals surface area contributed by atoms with Crippen LogP contribution in [0.4, 0.5) is 0 Å². The van der Waals surface area contributed by atoms with E-state index in [1.54, 1.807) is 5.90 Å². The fraction of sp³-hybridized carbons (Fsp3) is 0.200. The van der Waals surface area contributed by atoms with Crippen LogP contribution < -0.4 is 0 Å². The summed E-state index contributed by atoms with van der Waals surface area (Å²) in [5.74, 6) is 6.44. The maximum absolute atomic E-state index is 7.14. The smallest absolute Gasteiger partial charge is 0.366 e. The van der Waals surface area contributed by atoms with Crippen molar-refractivity contribution in [2.24, 2.45) is 0 Å². The van der Waals surface area contributed by atoms with Crippen LogP contribution >= 0.6 is 15.8 Å². The zero-order chi connectivity index (χ0) is 26.4. The van der Waals surface area contributed by atoms with Crippen molar-refractivity contribution in [2.75, 3.05) is 32.6 Å². The van der Waals surface area contributed by atoms with Gasteiger partial charge < -0.3 is 12.8 Å². The fourth-order valence-corrected chi connectivity index (χ4v) is 10.8. The van der Waals surface area contributed by atoms with Crippen molar-refractivity contribution in [2.45, 2.75) is 12.8 Å². The molecule has 4 aromatic rings. The summed E-state index contributed by atoms with van der Waals surface area (Å²) in [5, 5.41) is 0. The number of hydrogen-bond donors (Lipinski definition) is 0. The molecule has 0 atom stereocenters. The zero-order valence-electron chi connectivity index (χ0n) is 22.8. The van der Waals surface area contributed by atoms with Gasteiger partial charge in [-0.3, -0.25) is 11.8 Å². The van der Waals surface area contributed by atoms with Crippen LogP contribution in [-0.2, 0) is 57.6 Å². The van der Waals surface area contributed by atoms with Crippen molar-refractivity contribution < 1.29 is 44.8 Å². The van der Waals surface area contributed by atoms with E-state index < -0.39 is 0 Å². The van der Waals surface area contributed by atoms with Crippen molar-refractivity contribution >= 4 is 15.8 Å². The molecule has 39 heavy (non-hydrogen) atoms. The Balaban J connectivity index is 0.000000214. The molecule has 0 nitrogen and oxygen atoms in total. The molecule has 4 aromatic carbocycles. The van der Waals surface area contributed by atoms with Gasteiger partial charge in [-0.2, -0.15) is 0 Å². The second kappa shape index (κ2) is 16.0. The van der Waals surface area contributed by atoms with Gasteiger partial charge in [0.2, 0.25) is 0 Å². The molecule has 6 rings (SSSR count). The Bertz CT molecular complexity index is 1480. The quantitative estimate of drug-likeness (QED) is 0.0711. The van der Waals surface area contributed by atoms with Crippen LogP contribution in [0.2, 0.25) is 0 Å². The zero-order valence-corrected chi connectivity index (χ0v) is 29.1. The Morgan fingerprint density at radius 1 is 0.538 bits per heavy atom. The van der Waals surface area contributed by atoms with E-state index in [4.69, 9.17) is 12.8 Å². The Labute approximate surface area is 269 Å². The first-order valence-corrected chi connectivity index (χ1v) is 18.2. The van der Waals surface area contributed by atoms with Crippen LogP contribution in [0.25, 0.3) is 22.3 Å². The summed E-state index contributed by atoms with van der Waals surface area (Å²) >= 11 is 0. The third kappa shape index (κ3) is 8.66. The monoisotopic (exact) mass is 910 g/mol. The molecule has 204 valence electrons. The van der Waals surface area contributed by atoms with Crippen LogP contribution in [0, 0.1) is 24.7 Å². The third-order valence-corrected chi connectivity index (χ3v) is 12.2. The Hall–Kier alpha value is -1.66. The topological polar surface area (TPSA) is 0 Å². The van der Waals surface area contributed by atoms with Crippen molar-refractivity contribution in [3.05, 3.63) is 131 Å². The maximum Gasteiger partial charge on any atom is 1.00 e. The van der Waals surface area contributed by atoms with E-state index in [9.17, 15) is 0 Å². The molecule has 0 spiro atoms. The number of fused-ring (bicyclic) bond motifs is 6. The third-order valence-electron chi connectivity index (χ3n) is 6.59. The van der Waals surface area contributed by atoms with Gasteiger partial charge in [0.05, 0.1) is 0 Å². The van der Waals surface area contributed by atoms with E-state index in [0.29, 0.717) is 0 Å². The summed E-state index contributed by atoms with van der Waals surface area (Å²) < 4.78 is 0. The first-order chi connectivity index (χ1) is 17.9. The minimum Gasteiger partial charge on any atom is -0.366 e. The van der Waals surface area contributed by atoms with E-state index in [1.807, 2.05) is 18.2 Å². The van der Waals surface area contributed by atoms with Gasteiger partial charge in [0, 0.05) is 42.5 Å². The summed E-state index contributed by atoms with van der Waals surface area (Å²) in [6, 6.07) is 29.2. The second-order valence-corrected chi connectivity index (χ2v) is 16.5. The van der Waals surface area contributed by atoms with Gasteiger partial charge in [0.1, 0.15) is 0 Å². The van der Waals surface area contributed by atoms with Crippen LogP contribution in [0.3, 0.4) is 0 Å². The van der Waals surface area contributed by atoms with Gasteiger partial charge in [0.15, 0.2) is 5.90 Å². The van der Waals surface area contributed by atoms with Gasteiger partial charge >= 0.3 is 44.8 Å². The van der Waals surface area contributed by atoms with Crippen LogP contribution in [0.15, 0.2) is 84.9 Å². The van der Waals surface area contributed by atoms with E-state index in [-0.39, 0.29) is 60.6 Å². The molecule has 0 aromatic heterocycles. The standard InChI is InChI=1S/2C15H9.C5H14P2.2Au/c1-2-11-7-8-15-13(9-11)10-12-5-3-4-6-14(12)15;1-2-11-7-8-13-10-12-5-3-4-6-14(12)15(13)9-11;1-6(2)5-7(3)4;;/h2*3-9H,10H2;5H2,1-4H3;;/q2*-1;;2*+1/p+2. The predicted molar refractivity (Wildman–Crippen MR) is 167 cm³/mol. The Kier molecular flexibility index (Phi) is 13.7. The molecular weight excluding hydrogens is 876 g/mol. The van der Waals surface area contributed by atoms with E-state index in [0.717, 1.165) is 24.0 Å². The first-order valence-electron chi connectivity index (χ1n) is 12.8. The molecule has 2 aliphatic carbocycles. The summed E-state index contributed by atoms with van der Waals surface area (Å²) in [7, 11) is 0.222. The van der Waals surface area contributed by atoms with Crippen molar-refractivity contribution in [3.8, 4) is 34.1 Å². The largest absolute Gasteiger partial charge is 1.00 e. The average molecular weight is 911 g/mol. The van der Waals surface area contributed by atoms with E-state index in [1.165, 1.54) is 44.5 Å². The van der Waals surface area contributed by atoms with Gasteiger partial charge in [-0.15, -0.1) is 35.4 Å². The van der Waals surface area contributed by atoms with Gasteiger partial charge in [-0.05, 0) is 51.8 Å². The van der Waals surface area contributed by atoms with Crippen LogP contribution in [0.1, 0.15) is 33.4 Å². The molecule has 0 unspecified atom stereocenters. The van der Waals surface area contributed by atoms with Crippen molar-refractivity contribution in [1.82, 2.24) is 0 Å². The second-order valence-electron chi connectivity index (χ2n) is 10.3. The Morgan fingerprint density at radius 2 is 0.974 bits per heavy atom. The summed E-state index contributed by atoms with van der Waals surface area (Å²) in [6.45, 7) is 9.56. The van der Waals surface area contributed by atoms with Gasteiger partial charge in [-0.1, -0.05) is 66.2 Å². The van der Waals surface area contributed by atoms with Gasteiger partial charge in [-0.25, -0.2) is 0 Å². The molecule has 0 radical (unpaired) electrons. The summed E-state index contributed by atoms with van der Waals surface area (Å²) in [4.78, 5) is 0. The molecule has 0 aliphatic heterocycles.